The van der Waals surface area contributed by atoms with Crippen molar-refractivity contribution in [3.05, 3.63) is 23.4 Å². The highest BCUT2D eigenvalue weighted by atomic mass is 35.5. The van der Waals surface area contributed by atoms with Crippen LogP contribution in [0.15, 0.2) is 12.3 Å². The van der Waals surface area contributed by atoms with Gasteiger partial charge in [0.15, 0.2) is 0 Å². The molecule has 2 aliphatic heterocycles. The van der Waals surface area contributed by atoms with E-state index in [9.17, 15) is 0 Å². The summed E-state index contributed by atoms with van der Waals surface area (Å²) in [4.78, 5) is 9.79. The van der Waals surface area contributed by atoms with Gasteiger partial charge in [0, 0.05) is 37.3 Å². The first-order valence-electron chi connectivity index (χ1n) is 7.21. The summed E-state index contributed by atoms with van der Waals surface area (Å²) in [6.45, 7) is 8.02. The van der Waals surface area contributed by atoms with Gasteiger partial charge in [-0.3, -0.25) is 4.90 Å². The van der Waals surface area contributed by atoms with Crippen LogP contribution in [0.5, 0.6) is 0 Å². The SMILES string of the molecule is Cc1cc(CCl)cnc1N1CC2CCCN2CC1C. The Balaban J connectivity index is 1.84. The van der Waals surface area contributed by atoms with Crippen molar-refractivity contribution in [1.29, 1.82) is 0 Å². The fraction of sp³-hybridized carbons (Fsp3) is 0.667. The Morgan fingerprint density at radius 2 is 2.26 bits per heavy atom. The summed E-state index contributed by atoms with van der Waals surface area (Å²) in [6.07, 6.45) is 4.61. The van der Waals surface area contributed by atoms with E-state index in [-0.39, 0.29) is 0 Å². The first-order chi connectivity index (χ1) is 9.19. The highest BCUT2D eigenvalue weighted by Gasteiger charge is 2.35. The van der Waals surface area contributed by atoms with E-state index >= 15 is 0 Å². The number of alkyl halides is 1. The molecule has 19 heavy (non-hydrogen) atoms. The van der Waals surface area contributed by atoms with Crippen molar-refractivity contribution in [3.63, 3.8) is 0 Å². The maximum atomic E-state index is 5.88. The number of piperazine rings is 1. The molecule has 3 nitrogen and oxygen atoms in total. The van der Waals surface area contributed by atoms with Gasteiger partial charge in [0.2, 0.25) is 0 Å². The highest BCUT2D eigenvalue weighted by molar-refractivity contribution is 6.17. The molecule has 0 bridgehead atoms. The molecule has 104 valence electrons. The molecule has 1 aromatic heterocycles. The summed E-state index contributed by atoms with van der Waals surface area (Å²) in [6, 6.07) is 3.44. The molecule has 0 aromatic carbocycles. The lowest BCUT2D eigenvalue weighted by molar-refractivity contribution is 0.202. The second-order valence-electron chi connectivity index (χ2n) is 5.91. The standard InChI is InChI=1S/C15H22ClN3/c1-11-6-13(7-16)8-17-15(11)19-10-14-4-3-5-18(14)9-12(19)2/h6,8,12,14H,3-5,7,9-10H2,1-2H3. The van der Waals surface area contributed by atoms with Gasteiger partial charge in [0.1, 0.15) is 5.82 Å². The number of aromatic nitrogens is 1. The second-order valence-corrected chi connectivity index (χ2v) is 6.18. The normalized spacial score (nSPS) is 27.6. The zero-order valence-electron chi connectivity index (χ0n) is 11.8. The molecule has 0 amide bonds. The van der Waals surface area contributed by atoms with E-state index in [1.165, 1.54) is 31.5 Å². The fourth-order valence-electron chi connectivity index (χ4n) is 3.48. The number of hydrogen-bond donors (Lipinski definition) is 0. The minimum Gasteiger partial charge on any atom is -0.351 e. The molecule has 4 heteroatoms. The number of fused-ring (bicyclic) bond motifs is 1. The lowest BCUT2D eigenvalue weighted by atomic mass is 10.1. The van der Waals surface area contributed by atoms with Crippen LogP contribution in [0.25, 0.3) is 0 Å². The van der Waals surface area contributed by atoms with E-state index in [1.54, 1.807) is 0 Å². The minimum absolute atomic E-state index is 0.542. The average Bonchev–Trinajstić information content (AvgIpc) is 2.85. The molecule has 3 heterocycles. The zero-order valence-corrected chi connectivity index (χ0v) is 12.5. The molecule has 2 aliphatic rings. The molecule has 0 aliphatic carbocycles. The number of anilines is 1. The zero-order chi connectivity index (χ0) is 13.4. The van der Waals surface area contributed by atoms with Crippen LogP contribution in [0.4, 0.5) is 5.82 Å². The van der Waals surface area contributed by atoms with Gasteiger partial charge in [-0.05, 0) is 50.4 Å². The number of halogens is 1. The fourth-order valence-corrected chi connectivity index (χ4v) is 3.63. The number of rotatable bonds is 2. The van der Waals surface area contributed by atoms with Crippen molar-refractivity contribution in [1.82, 2.24) is 9.88 Å². The molecule has 3 rings (SSSR count). The Kier molecular flexibility index (Phi) is 3.68. The Bertz CT molecular complexity index is 463. The van der Waals surface area contributed by atoms with Crippen molar-refractivity contribution in [3.8, 4) is 0 Å². The van der Waals surface area contributed by atoms with Gasteiger partial charge in [-0.2, -0.15) is 0 Å². The minimum atomic E-state index is 0.542. The van der Waals surface area contributed by atoms with Gasteiger partial charge in [0.25, 0.3) is 0 Å². The topological polar surface area (TPSA) is 19.4 Å². The van der Waals surface area contributed by atoms with Gasteiger partial charge in [-0.25, -0.2) is 4.98 Å². The highest BCUT2D eigenvalue weighted by Crippen LogP contribution is 2.29. The van der Waals surface area contributed by atoms with E-state index in [2.05, 4.69) is 34.7 Å². The van der Waals surface area contributed by atoms with Crippen molar-refractivity contribution >= 4 is 17.4 Å². The van der Waals surface area contributed by atoms with Crippen molar-refractivity contribution in [2.45, 2.75) is 44.7 Å². The lowest BCUT2D eigenvalue weighted by Gasteiger charge is -2.43. The van der Waals surface area contributed by atoms with Gasteiger partial charge >= 0.3 is 0 Å². The van der Waals surface area contributed by atoms with Crippen LogP contribution in [0.2, 0.25) is 0 Å². The van der Waals surface area contributed by atoms with Crippen LogP contribution in [0.3, 0.4) is 0 Å². The molecular formula is C15H22ClN3. The maximum Gasteiger partial charge on any atom is 0.131 e. The lowest BCUT2D eigenvalue weighted by Crippen LogP contribution is -2.55. The largest absolute Gasteiger partial charge is 0.351 e. The smallest absolute Gasteiger partial charge is 0.131 e. The first kappa shape index (κ1) is 13.2. The summed E-state index contributed by atoms with van der Waals surface area (Å²) < 4.78 is 0. The molecule has 0 N–H and O–H groups in total. The quantitative estimate of drug-likeness (QED) is 0.776. The van der Waals surface area contributed by atoms with Crippen LogP contribution in [0, 0.1) is 6.92 Å². The summed E-state index contributed by atoms with van der Waals surface area (Å²) in [5, 5.41) is 0. The molecular weight excluding hydrogens is 258 g/mol. The van der Waals surface area contributed by atoms with Crippen molar-refractivity contribution < 1.29 is 0 Å². The molecule has 2 saturated heterocycles. The number of nitrogens with zero attached hydrogens (tertiary/aromatic N) is 3. The van der Waals surface area contributed by atoms with Crippen LogP contribution in [-0.2, 0) is 5.88 Å². The molecule has 0 saturated carbocycles. The summed E-state index contributed by atoms with van der Waals surface area (Å²) in [7, 11) is 0. The third kappa shape index (κ3) is 2.46. The predicted octanol–water partition coefficient (Wildman–Crippen LogP) is 2.80. The van der Waals surface area contributed by atoms with Crippen molar-refractivity contribution in [2.75, 3.05) is 24.5 Å². The van der Waals surface area contributed by atoms with Crippen LogP contribution in [0.1, 0.15) is 30.9 Å². The molecule has 0 spiro atoms. The Hall–Kier alpha value is -0.800. The van der Waals surface area contributed by atoms with Crippen LogP contribution in [-0.4, -0.2) is 41.6 Å². The molecule has 1 aromatic rings. The van der Waals surface area contributed by atoms with E-state index in [0.29, 0.717) is 11.9 Å². The maximum absolute atomic E-state index is 5.88. The second kappa shape index (κ2) is 5.29. The van der Waals surface area contributed by atoms with Gasteiger partial charge in [-0.1, -0.05) is 0 Å². The Morgan fingerprint density at radius 3 is 3.00 bits per heavy atom. The molecule has 2 atom stereocenters. The van der Waals surface area contributed by atoms with Crippen molar-refractivity contribution in [2.24, 2.45) is 0 Å². The van der Waals surface area contributed by atoms with E-state index in [4.69, 9.17) is 11.6 Å². The van der Waals surface area contributed by atoms with Gasteiger partial charge in [-0.15, -0.1) is 11.6 Å². The molecule has 2 unspecified atom stereocenters. The van der Waals surface area contributed by atoms with Gasteiger partial charge in [0.05, 0.1) is 0 Å². The van der Waals surface area contributed by atoms with Crippen LogP contribution >= 0.6 is 11.6 Å². The summed E-state index contributed by atoms with van der Waals surface area (Å²) in [5.41, 5.74) is 2.35. The summed E-state index contributed by atoms with van der Waals surface area (Å²) in [5.74, 6) is 1.69. The predicted molar refractivity (Wildman–Crippen MR) is 79.9 cm³/mol. The average molecular weight is 280 g/mol. The Morgan fingerprint density at radius 1 is 1.42 bits per heavy atom. The third-order valence-electron chi connectivity index (χ3n) is 4.47. The first-order valence-corrected chi connectivity index (χ1v) is 7.74. The number of pyridine rings is 1. The van der Waals surface area contributed by atoms with E-state index < -0.39 is 0 Å². The van der Waals surface area contributed by atoms with E-state index in [0.717, 1.165) is 24.0 Å². The van der Waals surface area contributed by atoms with Gasteiger partial charge < -0.3 is 4.90 Å². The monoisotopic (exact) mass is 279 g/mol. The Labute approximate surface area is 120 Å². The summed E-state index contributed by atoms with van der Waals surface area (Å²) >= 11 is 5.88. The number of hydrogen-bond acceptors (Lipinski definition) is 3. The van der Waals surface area contributed by atoms with E-state index in [1.807, 2.05) is 6.20 Å². The third-order valence-corrected chi connectivity index (χ3v) is 4.78. The van der Waals surface area contributed by atoms with Crippen LogP contribution < -0.4 is 4.90 Å². The molecule has 0 radical (unpaired) electrons. The number of aryl methyl sites for hydroxylation is 1. The molecule has 2 fully saturated rings.